The summed E-state index contributed by atoms with van der Waals surface area (Å²) in [6.45, 7) is 8.74. The van der Waals surface area contributed by atoms with E-state index in [1.165, 1.54) is 0 Å². The second-order valence-corrected chi connectivity index (χ2v) is 13.3. The number of aliphatic hydroxyl groups excluding tert-OH is 1. The molecule has 0 radical (unpaired) electrons. The number of allylic oxidation sites excluding steroid dienone is 1. The third kappa shape index (κ3) is 6.31. The van der Waals surface area contributed by atoms with Gasteiger partial charge in [0.1, 0.15) is 5.60 Å². The Labute approximate surface area is 164 Å². The molecule has 2 rings (SSSR count). The minimum atomic E-state index is -1.52. The normalized spacial score (nSPS) is 14.5. The maximum Gasteiger partial charge on any atom is 0.118 e. The Morgan fingerprint density at radius 2 is 1.44 bits per heavy atom. The number of aliphatic hydroxyl groups is 2. The van der Waals surface area contributed by atoms with Crippen LogP contribution in [0.25, 0.3) is 0 Å². The first kappa shape index (κ1) is 21.4. The largest absolute Gasteiger partial charge is 0.389 e. The number of benzene rings is 2. The lowest BCUT2D eigenvalue weighted by atomic mass is 9.80. The SMILES string of the molecule is C/C=C/C(O)C/C(=C\[Si](C)(C)C)CC(O)(c1ccccc1)c1ccccc1. The minimum absolute atomic E-state index is 0.472. The Morgan fingerprint density at radius 3 is 1.85 bits per heavy atom. The smallest absolute Gasteiger partial charge is 0.118 e. The molecule has 27 heavy (non-hydrogen) atoms. The lowest BCUT2D eigenvalue weighted by molar-refractivity contribution is 0.0785. The molecule has 1 atom stereocenters. The highest BCUT2D eigenvalue weighted by atomic mass is 28.3. The van der Waals surface area contributed by atoms with E-state index in [9.17, 15) is 10.2 Å². The molecule has 0 saturated heterocycles. The second-order valence-electron chi connectivity index (χ2n) is 8.23. The molecule has 0 fully saturated rings. The van der Waals surface area contributed by atoms with Crippen molar-refractivity contribution in [2.75, 3.05) is 0 Å². The number of rotatable bonds is 8. The van der Waals surface area contributed by atoms with Crippen LogP contribution in [0.3, 0.4) is 0 Å². The van der Waals surface area contributed by atoms with Crippen LogP contribution in [-0.2, 0) is 5.60 Å². The zero-order valence-electron chi connectivity index (χ0n) is 16.9. The van der Waals surface area contributed by atoms with Crippen LogP contribution in [0.4, 0.5) is 0 Å². The van der Waals surface area contributed by atoms with E-state index in [0.29, 0.717) is 12.8 Å². The maximum absolute atomic E-state index is 11.8. The first-order valence-electron chi connectivity index (χ1n) is 9.59. The van der Waals surface area contributed by atoms with E-state index in [1.54, 1.807) is 0 Å². The molecule has 0 saturated carbocycles. The van der Waals surface area contributed by atoms with Crippen molar-refractivity contribution < 1.29 is 10.2 Å². The molecule has 0 aromatic heterocycles. The molecule has 0 bridgehead atoms. The highest BCUT2D eigenvalue weighted by Gasteiger charge is 2.33. The molecular formula is C24H32O2Si. The van der Waals surface area contributed by atoms with Crippen molar-refractivity contribution in [2.24, 2.45) is 0 Å². The maximum atomic E-state index is 11.8. The van der Waals surface area contributed by atoms with Crippen LogP contribution in [0.15, 0.2) is 84.1 Å². The van der Waals surface area contributed by atoms with E-state index < -0.39 is 19.8 Å². The van der Waals surface area contributed by atoms with Gasteiger partial charge in [0.25, 0.3) is 0 Å². The zero-order chi connectivity index (χ0) is 19.9. The van der Waals surface area contributed by atoms with Crippen LogP contribution < -0.4 is 0 Å². The van der Waals surface area contributed by atoms with E-state index >= 15 is 0 Å². The van der Waals surface area contributed by atoms with Crippen LogP contribution in [0.5, 0.6) is 0 Å². The fourth-order valence-corrected chi connectivity index (χ4v) is 4.93. The quantitative estimate of drug-likeness (QED) is 0.473. The standard InChI is InChI=1S/C24H32O2Si/c1-5-12-23(25)17-20(19-27(2,3)4)18-24(26,21-13-8-6-9-14-21)22-15-10-7-11-16-22/h5-16,19,23,25-26H,17-18H2,1-4H3/b12-5+,20-19+. The Bertz CT molecular complexity index is 718. The predicted octanol–water partition coefficient (Wildman–Crippen LogP) is 5.44. The predicted molar refractivity (Wildman–Crippen MR) is 117 cm³/mol. The van der Waals surface area contributed by atoms with Crippen LogP contribution >= 0.6 is 0 Å². The molecule has 3 heteroatoms. The van der Waals surface area contributed by atoms with Crippen LogP contribution in [-0.4, -0.2) is 24.4 Å². The molecule has 2 N–H and O–H groups in total. The van der Waals surface area contributed by atoms with Crippen LogP contribution in [0.1, 0.15) is 30.9 Å². The lowest BCUT2D eigenvalue weighted by Crippen LogP contribution is -2.29. The molecule has 0 aliphatic carbocycles. The summed E-state index contributed by atoms with van der Waals surface area (Å²) in [5.41, 5.74) is 4.05. The van der Waals surface area contributed by atoms with E-state index in [-0.39, 0.29) is 0 Å². The average molecular weight is 381 g/mol. The van der Waals surface area contributed by atoms with E-state index in [1.807, 2.05) is 79.7 Å². The van der Waals surface area contributed by atoms with Gasteiger partial charge in [0.05, 0.1) is 14.2 Å². The highest BCUT2D eigenvalue weighted by molar-refractivity contribution is 6.81. The molecule has 0 amide bonds. The first-order valence-corrected chi connectivity index (χ1v) is 13.2. The Balaban J connectivity index is 2.49. The van der Waals surface area contributed by atoms with E-state index in [0.717, 1.165) is 16.7 Å². The molecule has 1 unspecified atom stereocenters. The van der Waals surface area contributed by atoms with Crippen molar-refractivity contribution >= 4 is 8.07 Å². The fourth-order valence-electron chi connectivity index (χ4n) is 3.48. The van der Waals surface area contributed by atoms with Gasteiger partial charge < -0.3 is 10.2 Å². The molecule has 0 spiro atoms. The summed E-state index contributed by atoms with van der Waals surface area (Å²) in [5.74, 6) is 0. The molecule has 2 aromatic rings. The molecule has 144 valence electrons. The van der Waals surface area contributed by atoms with E-state index in [2.05, 4.69) is 25.3 Å². The molecule has 0 aliphatic rings. The van der Waals surface area contributed by atoms with Crippen molar-refractivity contribution in [1.29, 1.82) is 0 Å². The topological polar surface area (TPSA) is 40.5 Å². The average Bonchev–Trinajstić information content (AvgIpc) is 2.62. The zero-order valence-corrected chi connectivity index (χ0v) is 17.9. The van der Waals surface area contributed by atoms with Crippen molar-refractivity contribution in [2.45, 2.75) is 51.1 Å². The second kappa shape index (κ2) is 9.31. The summed E-state index contributed by atoms with van der Waals surface area (Å²) < 4.78 is 0. The van der Waals surface area contributed by atoms with Gasteiger partial charge in [-0.25, -0.2) is 0 Å². The summed E-state index contributed by atoms with van der Waals surface area (Å²) in [6, 6.07) is 19.7. The van der Waals surface area contributed by atoms with Crippen molar-refractivity contribution in [3.8, 4) is 0 Å². The highest BCUT2D eigenvalue weighted by Crippen LogP contribution is 2.37. The summed E-state index contributed by atoms with van der Waals surface area (Å²) in [7, 11) is -1.52. The summed E-state index contributed by atoms with van der Waals surface area (Å²) in [4.78, 5) is 0. The Morgan fingerprint density at radius 1 is 0.963 bits per heavy atom. The van der Waals surface area contributed by atoms with Gasteiger partial charge in [0.15, 0.2) is 0 Å². The monoisotopic (exact) mass is 380 g/mol. The van der Waals surface area contributed by atoms with E-state index in [4.69, 9.17) is 0 Å². The van der Waals surface area contributed by atoms with Gasteiger partial charge in [-0.05, 0) is 24.5 Å². The third-order valence-corrected chi connectivity index (χ3v) is 5.78. The summed E-state index contributed by atoms with van der Waals surface area (Å²) in [6.07, 6.45) is 4.16. The molecule has 2 aromatic carbocycles. The van der Waals surface area contributed by atoms with Gasteiger partial charge in [0, 0.05) is 6.42 Å². The molecule has 0 aliphatic heterocycles. The van der Waals surface area contributed by atoms with Gasteiger partial charge >= 0.3 is 0 Å². The fraction of sp³-hybridized carbons (Fsp3) is 0.333. The number of hydrogen-bond donors (Lipinski definition) is 2. The van der Waals surface area contributed by atoms with Crippen molar-refractivity contribution in [3.63, 3.8) is 0 Å². The van der Waals surface area contributed by atoms with Gasteiger partial charge in [-0.2, -0.15) is 0 Å². The van der Waals surface area contributed by atoms with Crippen LogP contribution in [0, 0.1) is 0 Å². The molecule has 2 nitrogen and oxygen atoms in total. The summed E-state index contributed by atoms with van der Waals surface area (Å²) >= 11 is 0. The minimum Gasteiger partial charge on any atom is -0.389 e. The lowest BCUT2D eigenvalue weighted by Gasteiger charge is -2.32. The van der Waals surface area contributed by atoms with Gasteiger partial charge in [-0.15, -0.1) is 0 Å². The van der Waals surface area contributed by atoms with Crippen molar-refractivity contribution in [1.82, 2.24) is 0 Å². The Kier molecular flexibility index (Phi) is 7.37. The van der Waals surface area contributed by atoms with Crippen molar-refractivity contribution in [3.05, 3.63) is 95.2 Å². The number of hydrogen-bond acceptors (Lipinski definition) is 2. The first-order chi connectivity index (χ1) is 12.7. The summed E-state index contributed by atoms with van der Waals surface area (Å²) in [5, 5.41) is 22.2. The molecule has 0 heterocycles. The molecular weight excluding hydrogens is 348 g/mol. The third-order valence-electron chi connectivity index (χ3n) is 4.51. The van der Waals surface area contributed by atoms with Gasteiger partial charge in [0.2, 0.25) is 0 Å². The van der Waals surface area contributed by atoms with Gasteiger partial charge in [-0.3, -0.25) is 0 Å². The van der Waals surface area contributed by atoms with Crippen LogP contribution in [0.2, 0.25) is 19.6 Å². The Hall–Kier alpha value is -1.94. The van der Waals surface area contributed by atoms with Gasteiger partial charge in [-0.1, -0.05) is 104 Å².